The fraction of sp³-hybridized carbons (Fsp3) is 0.154. The van der Waals surface area contributed by atoms with Crippen LogP contribution in [0.3, 0.4) is 0 Å². The molecular formula is C13H11Br2NOS. The molecule has 0 aliphatic heterocycles. The normalized spacial score (nSPS) is 10.4. The van der Waals surface area contributed by atoms with Gasteiger partial charge in [0.1, 0.15) is 4.88 Å². The minimum Gasteiger partial charge on any atom is -0.321 e. The highest BCUT2D eigenvalue weighted by atomic mass is 79.9. The minimum atomic E-state index is -0.0751. The third-order valence-electron chi connectivity index (χ3n) is 2.52. The summed E-state index contributed by atoms with van der Waals surface area (Å²) in [7, 11) is 0. The van der Waals surface area contributed by atoms with Crippen molar-refractivity contribution in [3.63, 3.8) is 0 Å². The molecule has 0 aliphatic carbocycles. The van der Waals surface area contributed by atoms with Crippen LogP contribution in [0.25, 0.3) is 0 Å². The van der Waals surface area contributed by atoms with E-state index in [1.807, 2.05) is 29.6 Å². The van der Waals surface area contributed by atoms with Gasteiger partial charge in [0.2, 0.25) is 0 Å². The van der Waals surface area contributed by atoms with Crippen molar-refractivity contribution in [3.8, 4) is 0 Å². The van der Waals surface area contributed by atoms with Gasteiger partial charge in [0.05, 0.1) is 0 Å². The lowest BCUT2D eigenvalue weighted by molar-refractivity contribution is 0.103. The molecule has 1 amide bonds. The molecule has 0 aliphatic rings. The summed E-state index contributed by atoms with van der Waals surface area (Å²) < 4.78 is 1.86. The highest BCUT2D eigenvalue weighted by Gasteiger charge is 2.13. The molecule has 18 heavy (non-hydrogen) atoms. The third-order valence-corrected chi connectivity index (χ3v) is 4.85. The van der Waals surface area contributed by atoms with Crippen molar-refractivity contribution in [2.75, 3.05) is 5.32 Å². The van der Waals surface area contributed by atoms with Crippen molar-refractivity contribution in [3.05, 3.63) is 49.0 Å². The summed E-state index contributed by atoms with van der Waals surface area (Å²) in [6.07, 6.45) is 0.876. The number of nitrogens with one attached hydrogen (secondary N) is 1. The van der Waals surface area contributed by atoms with E-state index in [4.69, 9.17) is 0 Å². The van der Waals surface area contributed by atoms with Crippen LogP contribution in [0.15, 0.2) is 38.6 Å². The van der Waals surface area contributed by atoms with Gasteiger partial charge >= 0.3 is 0 Å². The van der Waals surface area contributed by atoms with Crippen LogP contribution in [0, 0.1) is 0 Å². The number of carbonyl (C=O) groups is 1. The fourth-order valence-electron chi connectivity index (χ4n) is 1.61. The molecule has 0 unspecified atom stereocenters. The summed E-state index contributed by atoms with van der Waals surface area (Å²) in [5.74, 6) is -0.0751. The van der Waals surface area contributed by atoms with Crippen molar-refractivity contribution in [2.24, 2.45) is 0 Å². The number of hydrogen-bond acceptors (Lipinski definition) is 2. The van der Waals surface area contributed by atoms with Gasteiger partial charge in [0.25, 0.3) is 5.91 Å². The second-order valence-electron chi connectivity index (χ2n) is 3.71. The average Bonchev–Trinajstić information content (AvgIpc) is 2.77. The fourth-order valence-corrected chi connectivity index (χ4v) is 3.47. The van der Waals surface area contributed by atoms with Crippen molar-refractivity contribution in [1.29, 1.82) is 0 Å². The molecular weight excluding hydrogens is 378 g/mol. The van der Waals surface area contributed by atoms with E-state index < -0.39 is 0 Å². The summed E-state index contributed by atoms with van der Waals surface area (Å²) in [5.41, 5.74) is 1.98. The lowest BCUT2D eigenvalue weighted by Gasteiger charge is -2.09. The number of benzene rings is 1. The number of anilines is 1. The first-order valence-corrected chi connectivity index (χ1v) is 7.91. The molecule has 1 aromatic heterocycles. The molecule has 2 nitrogen and oxygen atoms in total. The summed E-state index contributed by atoms with van der Waals surface area (Å²) in [6, 6.07) is 7.75. The van der Waals surface area contributed by atoms with E-state index in [1.54, 1.807) is 0 Å². The van der Waals surface area contributed by atoms with Crippen molar-refractivity contribution >= 4 is 54.8 Å². The van der Waals surface area contributed by atoms with E-state index in [0.717, 1.165) is 26.6 Å². The SMILES string of the molecule is CCc1cc(Br)ccc1NC(=O)c1sccc1Br. The Balaban J connectivity index is 2.24. The first-order chi connectivity index (χ1) is 8.61. The smallest absolute Gasteiger partial charge is 0.266 e. The van der Waals surface area contributed by atoms with E-state index in [0.29, 0.717) is 4.88 Å². The zero-order valence-corrected chi connectivity index (χ0v) is 13.7. The topological polar surface area (TPSA) is 29.1 Å². The number of carbonyl (C=O) groups excluding carboxylic acids is 1. The van der Waals surface area contributed by atoms with E-state index in [2.05, 4.69) is 44.1 Å². The second-order valence-corrected chi connectivity index (χ2v) is 6.39. The monoisotopic (exact) mass is 387 g/mol. The summed E-state index contributed by atoms with van der Waals surface area (Å²) in [4.78, 5) is 12.8. The minimum absolute atomic E-state index is 0.0751. The lowest BCUT2D eigenvalue weighted by atomic mass is 10.1. The van der Waals surface area contributed by atoms with Gasteiger partial charge in [0.15, 0.2) is 0 Å². The molecule has 1 N–H and O–H groups in total. The highest BCUT2D eigenvalue weighted by Crippen LogP contribution is 2.26. The van der Waals surface area contributed by atoms with Gasteiger partial charge in [-0.15, -0.1) is 11.3 Å². The standard InChI is InChI=1S/C13H11Br2NOS/c1-2-8-7-9(14)3-4-11(8)16-13(17)12-10(15)5-6-18-12/h3-7H,2H2,1H3,(H,16,17). The van der Waals surface area contributed by atoms with Crippen LogP contribution < -0.4 is 5.32 Å². The molecule has 2 rings (SSSR count). The van der Waals surface area contributed by atoms with E-state index in [9.17, 15) is 4.79 Å². The van der Waals surface area contributed by atoms with Gasteiger partial charge in [-0.05, 0) is 57.6 Å². The summed E-state index contributed by atoms with van der Waals surface area (Å²) in [5, 5.41) is 4.84. The number of thiophene rings is 1. The second kappa shape index (κ2) is 5.99. The summed E-state index contributed by atoms with van der Waals surface area (Å²) in [6.45, 7) is 2.07. The van der Waals surface area contributed by atoms with Crippen LogP contribution in [0.4, 0.5) is 5.69 Å². The Labute approximate surface area is 127 Å². The van der Waals surface area contributed by atoms with Crippen molar-refractivity contribution in [2.45, 2.75) is 13.3 Å². The van der Waals surface area contributed by atoms with E-state index in [1.165, 1.54) is 11.3 Å². The highest BCUT2D eigenvalue weighted by molar-refractivity contribution is 9.10. The Bertz CT molecular complexity index is 580. The molecule has 0 saturated heterocycles. The molecule has 0 atom stereocenters. The van der Waals surface area contributed by atoms with Crippen LogP contribution in [-0.4, -0.2) is 5.91 Å². The number of aryl methyl sites for hydroxylation is 1. The van der Waals surface area contributed by atoms with Crippen LogP contribution in [0.2, 0.25) is 0 Å². The Hall–Kier alpha value is -0.650. The van der Waals surface area contributed by atoms with Crippen LogP contribution >= 0.6 is 43.2 Å². The lowest BCUT2D eigenvalue weighted by Crippen LogP contribution is -2.12. The third kappa shape index (κ3) is 3.02. The van der Waals surface area contributed by atoms with Gasteiger partial charge in [-0.2, -0.15) is 0 Å². The van der Waals surface area contributed by atoms with Crippen LogP contribution in [0.1, 0.15) is 22.2 Å². The quantitative estimate of drug-likeness (QED) is 0.779. The maximum Gasteiger partial charge on any atom is 0.266 e. The van der Waals surface area contributed by atoms with Gasteiger partial charge in [-0.25, -0.2) is 0 Å². The molecule has 2 aromatic rings. The largest absolute Gasteiger partial charge is 0.321 e. The number of halogens is 2. The molecule has 5 heteroatoms. The number of amides is 1. The molecule has 94 valence electrons. The molecule has 0 saturated carbocycles. The molecule has 1 aromatic carbocycles. The van der Waals surface area contributed by atoms with E-state index >= 15 is 0 Å². The van der Waals surface area contributed by atoms with Gasteiger partial charge in [-0.1, -0.05) is 22.9 Å². The van der Waals surface area contributed by atoms with Crippen molar-refractivity contribution in [1.82, 2.24) is 0 Å². The number of rotatable bonds is 3. The molecule has 0 spiro atoms. The maximum absolute atomic E-state index is 12.1. The van der Waals surface area contributed by atoms with Crippen molar-refractivity contribution < 1.29 is 4.79 Å². The Morgan fingerprint density at radius 1 is 1.33 bits per heavy atom. The van der Waals surface area contributed by atoms with Gasteiger partial charge in [0, 0.05) is 14.6 Å². The zero-order valence-electron chi connectivity index (χ0n) is 9.67. The summed E-state index contributed by atoms with van der Waals surface area (Å²) >= 11 is 8.23. The molecule has 0 radical (unpaired) electrons. The Kier molecular flexibility index (Phi) is 4.59. The predicted octanol–water partition coefficient (Wildman–Crippen LogP) is 5.09. The maximum atomic E-state index is 12.1. The van der Waals surface area contributed by atoms with Crippen LogP contribution in [-0.2, 0) is 6.42 Å². The Morgan fingerprint density at radius 3 is 2.72 bits per heavy atom. The average molecular weight is 389 g/mol. The predicted molar refractivity (Wildman–Crippen MR) is 83.5 cm³/mol. The van der Waals surface area contributed by atoms with Gasteiger partial charge in [-0.3, -0.25) is 4.79 Å². The van der Waals surface area contributed by atoms with E-state index in [-0.39, 0.29) is 5.91 Å². The number of hydrogen-bond donors (Lipinski definition) is 1. The molecule has 0 bridgehead atoms. The molecule has 0 fully saturated rings. The Morgan fingerprint density at radius 2 is 2.11 bits per heavy atom. The van der Waals surface area contributed by atoms with Crippen LogP contribution in [0.5, 0.6) is 0 Å². The molecule has 1 heterocycles. The first kappa shape index (κ1) is 13.8. The van der Waals surface area contributed by atoms with Gasteiger partial charge < -0.3 is 5.32 Å². The zero-order chi connectivity index (χ0) is 13.1. The first-order valence-electron chi connectivity index (χ1n) is 5.44.